The minimum atomic E-state index is -3.76. The maximum atomic E-state index is 13.2. The fraction of sp³-hybridized carbons (Fsp3) is 0.435. The van der Waals surface area contributed by atoms with Gasteiger partial charge in [0.25, 0.3) is 0 Å². The highest BCUT2D eigenvalue weighted by Gasteiger charge is 2.32. The Hall–Kier alpha value is -2.74. The van der Waals surface area contributed by atoms with E-state index in [0.29, 0.717) is 17.9 Å². The fourth-order valence-electron chi connectivity index (χ4n) is 3.59. The van der Waals surface area contributed by atoms with Crippen LogP contribution in [0.4, 0.5) is 5.69 Å². The maximum Gasteiger partial charge on any atom is 0.244 e. The summed E-state index contributed by atoms with van der Waals surface area (Å²) in [7, 11) is -0.675. The van der Waals surface area contributed by atoms with Gasteiger partial charge in [0, 0.05) is 0 Å². The van der Waals surface area contributed by atoms with Gasteiger partial charge in [-0.2, -0.15) is 0 Å². The van der Waals surface area contributed by atoms with Crippen molar-refractivity contribution in [2.45, 2.75) is 46.2 Å². The quantitative estimate of drug-likeness (QED) is 0.632. The van der Waals surface area contributed by atoms with Gasteiger partial charge < -0.3 is 14.8 Å². The van der Waals surface area contributed by atoms with E-state index in [4.69, 9.17) is 9.47 Å². The number of ether oxygens (including phenoxy) is 2. The van der Waals surface area contributed by atoms with Crippen molar-refractivity contribution in [1.82, 2.24) is 5.32 Å². The van der Waals surface area contributed by atoms with E-state index in [0.717, 1.165) is 33.0 Å². The van der Waals surface area contributed by atoms with Crippen molar-refractivity contribution in [1.29, 1.82) is 0 Å². The second kappa shape index (κ2) is 10.0. The van der Waals surface area contributed by atoms with Crippen LogP contribution in [-0.2, 0) is 14.8 Å². The summed E-state index contributed by atoms with van der Waals surface area (Å²) in [6.07, 6.45) is 1.74. The maximum absolute atomic E-state index is 13.2. The van der Waals surface area contributed by atoms with Crippen molar-refractivity contribution in [2.75, 3.05) is 24.8 Å². The Morgan fingerprint density at radius 1 is 1.06 bits per heavy atom. The van der Waals surface area contributed by atoms with Gasteiger partial charge >= 0.3 is 0 Å². The summed E-state index contributed by atoms with van der Waals surface area (Å²) in [4.78, 5) is 13.2. The third-order valence-corrected chi connectivity index (χ3v) is 6.43. The minimum Gasteiger partial charge on any atom is -0.496 e. The van der Waals surface area contributed by atoms with Crippen LogP contribution >= 0.6 is 0 Å². The van der Waals surface area contributed by atoms with E-state index in [1.165, 1.54) is 7.11 Å². The number of carbonyl (C=O) groups excluding carboxylic acids is 1. The van der Waals surface area contributed by atoms with Gasteiger partial charge in [0.05, 0.1) is 32.2 Å². The number of anilines is 1. The second-order valence-electron chi connectivity index (χ2n) is 7.61. The summed E-state index contributed by atoms with van der Waals surface area (Å²) in [5.41, 5.74) is 3.08. The van der Waals surface area contributed by atoms with Gasteiger partial charge in [-0.05, 0) is 62.1 Å². The van der Waals surface area contributed by atoms with Gasteiger partial charge in [0.15, 0.2) is 0 Å². The molecule has 0 aromatic heterocycles. The molecule has 31 heavy (non-hydrogen) atoms. The molecule has 2 aromatic carbocycles. The molecule has 0 saturated carbocycles. The predicted molar refractivity (Wildman–Crippen MR) is 123 cm³/mol. The zero-order valence-electron chi connectivity index (χ0n) is 19.2. The Bertz CT molecular complexity index is 1040. The highest BCUT2D eigenvalue weighted by molar-refractivity contribution is 7.92. The predicted octanol–water partition coefficient (Wildman–Crippen LogP) is 3.74. The highest BCUT2D eigenvalue weighted by atomic mass is 32.2. The largest absolute Gasteiger partial charge is 0.496 e. The summed E-state index contributed by atoms with van der Waals surface area (Å²) in [5, 5.41) is 3.00. The van der Waals surface area contributed by atoms with Gasteiger partial charge in [0.2, 0.25) is 15.9 Å². The average Bonchev–Trinajstić information content (AvgIpc) is 2.71. The monoisotopic (exact) mass is 448 g/mol. The molecule has 2 atom stereocenters. The third kappa shape index (κ3) is 5.70. The van der Waals surface area contributed by atoms with Crippen LogP contribution in [0.15, 0.2) is 36.4 Å². The number of nitrogens with one attached hydrogen (secondary N) is 1. The molecule has 0 aliphatic heterocycles. The molecule has 2 rings (SSSR count). The molecule has 0 heterocycles. The van der Waals surface area contributed by atoms with E-state index < -0.39 is 22.0 Å². The first kappa shape index (κ1) is 24.5. The summed E-state index contributed by atoms with van der Waals surface area (Å²) < 4.78 is 37.1. The third-order valence-electron chi connectivity index (χ3n) is 5.21. The molecule has 0 unspecified atom stereocenters. The molecular formula is C23H32N2O5S. The van der Waals surface area contributed by atoms with E-state index in [-0.39, 0.29) is 6.04 Å². The molecule has 0 saturated heterocycles. The molecule has 0 spiro atoms. The first-order valence-corrected chi connectivity index (χ1v) is 12.0. The van der Waals surface area contributed by atoms with Crippen LogP contribution in [0.25, 0.3) is 0 Å². The summed E-state index contributed by atoms with van der Waals surface area (Å²) in [6.45, 7) is 7.33. The lowest BCUT2D eigenvalue weighted by Crippen LogP contribution is -2.48. The van der Waals surface area contributed by atoms with Gasteiger partial charge in [-0.15, -0.1) is 0 Å². The summed E-state index contributed by atoms with van der Waals surface area (Å²) in [5.74, 6) is 0.760. The lowest BCUT2D eigenvalue weighted by atomic mass is 10.0. The van der Waals surface area contributed by atoms with Crippen LogP contribution in [0.1, 0.15) is 43.0 Å². The Kier molecular flexibility index (Phi) is 7.95. The zero-order chi connectivity index (χ0) is 23.3. The molecule has 0 aliphatic carbocycles. The topological polar surface area (TPSA) is 84.9 Å². The van der Waals surface area contributed by atoms with Gasteiger partial charge in [0.1, 0.15) is 17.5 Å². The van der Waals surface area contributed by atoms with Crippen LogP contribution in [0.3, 0.4) is 0 Å². The molecule has 0 bridgehead atoms. The normalized spacial score (nSPS) is 13.3. The number of carbonyl (C=O) groups is 1. The van der Waals surface area contributed by atoms with Crippen LogP contribution < -0.4 is 19.1 Å². The number of hydrogen-bond acceptors (Lipinski definition) is 5. The lowest BCUT2D eigenvalue weighted by molar-refractivity contribution is -0.122. The van der Waals surface area contributed by atoms with Crippen molar-refractivity contribution < 1.29 is 22.7 Å². The number of methoxy groups -OCH3 is 2. The molecule has 0 fully saturated rings. The lowest BCUT2D eigenvalue weighted by Gasteiger charge is -2.31. The fourth-order valence-corrected chi connectivity index (χ4v) is 4.76. The number of benzene rings is 2. The second-order valence-corrected chi connectivity index (χ2v) is 9.47. The highest BCUT2D eigenvalue weighted by Crippen LogP contribution is 2.33. The van der Waals surface area contributed by atoms with Crippen molar-refractivity contribution in [3.05, 3.63) is 53.1 Å². The van der Waals surface area contributed by atoms with Crippen LogP contribution in [0.5, 0.6) is 11.5 Å². The van der Waals surface area contributed by atoms with Crippen molar-refractivity contribution in [3.63, 3.8) is 0 Å². The number of amides is 1. The van der Waals surface area contributed by atoms with Crippen LogP contribution in [-0.4, -0.2) is 40.8 Å². The standard InChI is InChI=1S/C23H32N2O5S/c1-8-19(18-10-12-21(29-5)16(3)14-18)24-23(26)17(4)25(31(7,27)28)20-13-15(2)9-11-22(20)30-6/h9-14,17,19H,8H2,1-7H3,(H,24,26)/t17-,19-/m1/s1. The van der Waals surface area contributed by atoms with E-state index in [1.54, 1.807) is 26.2 Å². The summed E-state index contributed by atoms with van der Waals surface area (Å²) in [6, 6.07) is 9.73. The first-order chi connectivity index (χ1) is 14.5. The van der Waals surface area contributed by atoms with Gasteiger partial charge in [-0.25, -0.2) is 8.42 Å². The molecule has 8 heteroatoms. The Morgan fingerprint density at radius 2 is 1.68 bits per heavy atom. The SMILES string of the molecule is CC[C@@H](NC(=O)[C@@H](C)N(c1cc(C)ccc1OC)S(C)(=O)=O)c1ccc(OC)c(C)c1. The number of aryl methyl sites for hydroxylation is 2. The Morgan fingerprint density at radius 3 is 2.19 bits per heavy atom. The number of nitrogens with zero attached hydrogens (tertiary/aromatic N) is 1. The molecule has 2 aromatic rings. The van der Waals surface area contributed by atoms with Crippen molar-refractivity contribution in [2.24, 2.45) is 0 Å². The van der Waals surface area contributed by atoms with Crippen LogP contribution in [0.2, 0.25) is 0 Å². The average molecular weight is 449 g/mol. The molecule has 0 radical (unpaired) electrons. The van der Waals surface area contributed by atoms with E-state index in [2.05, 4.69) is 5.32 Å². The molecule has 7 nitrogen and oxygen atoms in total. The van der Waals surface area contributed by atoms with Gasteiger partial charge in [-0.1, -0.05) is 25.1 Å². The molecule has 170 valence electrons. The molecule has 1 amide bonds. The van der Waals surface area contributed by atoms with Crippen molar-refractivity contribution in [3.8, 4) is 11.5 Å². The smallest absolute Gasteiger partial charge is 0.244 e. The van der Waals surface area contributed by atoms with Gasteiger partial charge in [-0.3, -0.25) is 9.10 Å². The molecule has 1 N–H and O–H groups in total. The zero-order valence-corrected chi connectivity index (χ0v) is 20.0. The first-order valence-electron chi connectivity index (χ1n) is 10.1. The number of rotatable bonds is 9. The minimum absolute atomic E-state index is 0.264. The summed E-state index contributed by atoms with van der Waals surface area (Å²) >= 11 is 0. The molecular weight excluding hydrogens is 416 g/mol. The van der Waals surface area contributed by atoms with E-state index >= 15 is 0 Å². The number of sulfonamides is 1. The van der Waals surface area contributed by atoms with Crippen molar-refractivity contribution >= 4 is 21.6 Å². The Balaban J connectivity index is 2.37. The molecule has 0 aliphatic rings. The van der Waals surface area contributed by atoms with Crippen LogP contribution in [0, 0.1) is 13.8 Å². The number of hydrogen-bond donors (Lipinski definition) is 1. The Labute approximate surface area is 185 Å². The van der Waals surface area contributed by atoms with E-state index in [1.807, 2.05) is 45.0 Å². The van der Waals surface area contributed by atoms with E-state index in [9.17, 15) is 13.2 Å².